The van der Waals surface area contributed by atoms with Gasteiger partial charge in [-0.3, -0.25) is 0 Å². The Morgan fingerprint density at radius 2 is 1.14 bits per heavy atom. The molecule has 0 saturated heterocycles. The highest BCUT2D eigenvalue weighted by Crippen LogP contribution is 2.33. The Hall–Kier alpha value is -2.34. The molecule has 0 heterocycles. The van der Waals surface area contributed by atoms with Crippen LogP contribution in [-0.4, -0.2) is 0 Å². The first kappa shape index (κ1) is 13.6. The van der Waals surface area contributed by atoms with Crippen molar-refractivity contribution in [2.45, 2.75) is 19.8 Å². The van der Waals surface area contributed by atoms with E-state index in [1.54, 1.807) is 0 Å². The molecule has 0 aliphatic heterocycles. The second kappa shape index (κ2) is 5.97. The first-order chi connectivity index (χ1) is 10.3. The van der Waals surface area contributed by atoms with E-state index in [2.05, 4.69) is 92.7 Å². The SMILES string of the molecule is CC(C)c1cc(-c2ccccc2)ccc1-c1ccccc1. The molecule has 0 spiro atoms. The fourth-order valence-corrected chi connectivity index (χ4v) is 2.73. The van der Waals surface area contributed by atoms with Gasteiger partial charge in [-0.2, -0.15) is 0 Å². The molecule has 3 rings (SSSR count). The highest BCUT2D eigenvalue weighted by atomic mass is 14.1. The lowest BCUT2D eigenvalue weighted by atomic mass is 9.89. The van der Waals surface area contributed by atoms with Crippen LogP contribution in [0.1, 0.15) is 25.3 Å². The molecular formula is C21H20. The highest BCUT2D eigenvalue weighted by Gasteiger charge is 2.10. The van der Waals surface area contributed by atoms with Crippen LogP contribution in [0.25, 0.3) is 22.3 Å². The average Bonchev–Trinajstić information content (AvgIpc) is 2.56. The van der Waals surface area contributed by atoms with Crippen LogP contribution in [0.3, 0.4) is 0 Å². The minimum Gasteiger partial charge on any atom is -0.0622 e. The summed E-state index contributed by atoms with van der Waals surface area (Å²) in [6.07, 6.45) is 0. The predicted molar refractivity (Wildman–Crippen MR) is 91.4 cm³/mol. The summed E-state index contributed by atoms with van der Waals surface area (Å²) in [5.74, 6) is 0.504. The largest absolute Gasteiger partial charge is 0.0622 e. The minimum atomic E-state index is 0.504. The van der Waals surface area contributed by atoms with E-state index in [0.717, 1.165) is 0 Å². The van der Waals surface area contributed by atoms with Crippen molar-refractivity contribution in [3.63, 3.8) is 0 Å². The van der Waals surface area contributed by atoms with Gasteiger partial charge in [0, 0.05) is 0 Å². The van der Waals surface area contributed by atoms with Gasteiger partial charge in [-0.25, -0.2) is 0 Å². The van der Waals surface area contributed by atoms with Gasteiger partial charge in [0.15, 0.2) is 0 Å². The Morgan fingerprint density at radius 3 is 1.71 bits per heavy atom. The molecule has 3 aromatic carbocycles. The quantitative estimate of drug-likeness (QED) is 0.537. The molecule has 3 aromatic rings. The zero-order valence-corrected chi connectivity index (χ0v) is 12.6. The number of hydrogen-bond donors (Lipinski definition) is 0. The lowest BCUT2D eigenvalue weighted by molar-refractivity contribution is 0.869. The van der Waals surface area contributed by atoms with Gasteiger partial charge in [-0.1, -0.05) is 92.7 Å². The number of benzene rings is 3. The van der Waals surface area contributed by atoms with Crippen LogP contribution in [-0.2, 0) is 0 Å². The summed E-state index contributed by atoms with van der Waals surface area (Å²) < 4.78 is 0. The fraction of sp³-hybridized carbons (Fsp3) is 0.143. The average molecular weight is 272 g/mol. The monoisotopic (exact) mass is 272 g/mol. The Labute approximate surface area is 127 Å². The molecule has 104 valence electrons. The zero-order valence-electron chi connectivity index (χ0n) is 12.6. The van der Waals surface area contributed by atoms with Crippen molar-refractivity contribution >= 4 is 0 Å². The minimum absolute atomic E-state index is 0.504. The van der Waals surface area contributed by atoms with Crippen LogP contribution in [0, 0.1) is 0 Å². The van der Waals surface area contributed by atoms with Gasteiger partial charge in [-0.15, -0.1) is 0 Å². The molecule has 0 aromatic heterocycles. The molecular weight excluding hydrogens is 252 g/mol. The zero-order chi connectivity index (χ0) is 14.7. The maximum atomic E-state index is 2.34. The Balaban J connectivity index is 2.12. The van der Waals surface area contributed by atoms with Gasteiger partial charge in [-0.05, 0) is 33.7 Å². The standard InChI is InChI=1S/C21H20/c1-16(2)21-15-19(17-9-5-3-6-10-17)13-14-20(21)18-11-7-4-8-12-18/h3-16H,1-2H3. The summed E-state index contributed by atoms with van der Waals surface area (Å²) in [5, 5.41) is 0. The molecule has 0 aliphatic carbocycles. The summed E-state index contributed by atoms with van der Waals surface area (Å²) >= 11 is 0. The summed E-state index contributed by atoms with van der Waals surface area (Å²) in [6, 6.07) is 28.0. The highest BCUT2D eigenvalue weighted by molar-refractivity contribution is 5.74. The predicted octanol–water partition coefficient (Wildman–Crippen LogP) is 6.14. The third-order valence-electron chi connectivity index (χ3n) is 3.87. The molecule has 0 N–H and O–H groups in total. The van der Waals surface area contributed by atoms with Gasteiger partial charge in [0.2, 0.25) is 0 Å². The van der Waals surface area contributed by atoms with Crippen LogP contribution in [0.2, 0.25) is 0 Å². The smallest absolute Gasteiger partial charge is 0.0149 e. The van der Waals surface area contributed by atoms with E-state index in [9.17, 15) is 0 Å². The molecule has 0 heteroatoms. The number of hydrogen-bond acceptors (Lipinski definition) is 0. The molecule has 0 aliphatic rings. The van der Waals surface area contributed by atoms with Crippen molar-refractivity contribution in [2.24, 2.45) is 0 Å². The fourth-order valence-electron chi connectivity index (χ4n) is 2.73. The summed E-state index contributed by atoms with van der Waals surface area (Å²) in [5.41, 5.74) is 6.60. The third-order valence-corrected chi connectivity index (χ3v) is 3.87. The molecule has 21 heavy (non-hydrogen) atoms. The second-order valence-corrected chi connectivity index (χ2v) is 5.69. The summed E-state index contributed by atoms with van der Waals surface area (Å²) in [7, 11) is 0. The van der Waals surface area contributed by atoms with Gasteiger partial charge < -0.3 is 0 Å². The molecule has 0 nitrogen and oxygen atoms in total. The molecule has 0 bridgehead atoms. The van der Waals surface area contributed by atoms with E-state index >= 15 is 0 Å². The van der Waals surface area contributed by atoms with Crippen molar-refractivity contribution in [2.75, 3.05) is 0 Å². The Kier molecular flexibility index (Phi) is 3.87. The maximum Gasteiger partial charge on any atom is -0.0149 e. The third kappa shape index (κ3) is 2.90. The van der Waals surface area contributed by atoms with Crippen molar-refractivity contribution in [1.29, 1.82) is 0 Å². The van der Waals surface area contributed by atoms with Gasteiger partial charge >= 0.3 is 0 Å². The van der Waals surface area contributed by atoms with Gasteiger partial charge in [0.1, 0.15) is 0 Å². The van der Waals surface area contributed by atoms with Crippen LogP contribution in [0.5, 0.6) is 0 Å². The van der Waals surface area contributed by atoms with Gasteiger partial charge in [0.25, 0.3) is 0 Å². The normalized spacial score (nSPS) is 10.8. The van der Waals surface area contributed by atoms with E-state index < -0.39 is 0 Å². The maximum absolute atomic E-state index is 2.34. The van der Waals surface area contributed by atoms with E-state index in [4.69, 9.17) is 0 Å². The molecule has 0 fully saturated rings. The van der Waals surface area contributed by atoms with Crippen LogP contribution >= 0.6 is 0 Å². The lowest BCUT2D eigenvalue weighted by Gasteiger charge is -2.15. The van der Waals surface area contributed by atoms with Crippen LogP contribution < -0.4 is 0 Å². The van der Waals surface area contributed by atoms with Crippen LogP contribution in [0.15, 0.2) is 78.9 Å². The van der Waals surface area contributed by atoms with Crippen molar-refractivity contribution in [3.8, 4) is 22.3 Å². The molecule has 0 unspecified atom stereocenters. The Bertz CT molecular complexity index is 710. The topological polar surface area (TPSA) is 0 Å². The van der Waals surface area contributed by atoms with Crippen LogP contribution in [0.4, 0.5) is 0 Å². The molecule has 0 radical (unpaired) electrons. The number of rotatable bonds is 3. The lowest BCUT2D eigenvalue weighted by Crippen LogP contribution is -1.93. The second-order valence-electron chi connectivity index (χ2n) is 5.69. The van der Waals surface area contributed by atoms with E-state index in [1.807, 2.05) is 0 Å². The van der Waals surface area contributed by atoms with E-state index in [-0.39, 0.29) is 0 Å². The van der Waals surface area contributed by atoms with Gasteiger partial charge in [0.05, 0.1) is 0 Å². The van der Waals surface area contributed by atoms with Crippen molar-refractivity contribution in [3.05, 3.63) is 84.4 Å². The van der Waals surface area contributed by atoms with E-state index in [1.165, 1.54) is 27.8 Å². The first-order valence-electron chi connectivity index (χ1n) is 7.50. The van der Waals surface area contributed by atoms with E-state index in [0.29, 0.717) is 5.92 Å². The van der Waals surface area contributed by atoms with Crippen molar-refractivity contribution < 1.29 is 0 Å². The Morgan fingerprint density at radius 1 is 0.571 bits per heavy atom. The van der Waals surface area contributed by atoms with Crippen molar-refractivity contribution in [1.82, 2.24) is 0 Å². The molecule has 0 amide bonds. The summed E-state index contributed by atoms with van der Waals surface area (Å²) in [6.45, 7) is 4.52. The first-order valence-corrected chi connectivity index (χ1v) is 7.50. The molecule has 0 atom stereocenters. The molecule has 0 saturated carbocycles. The summed E-state index contributed by atoms with van der Waals surface area (Å²) in [4.78, 5) is 0.